The van der Waals surface area contributed by atoms with Gasteiger partial charge < -0.3 is 28.4 Å². The van der Waals surface area contributed by atoms with Crippen molar-refractivity contribution in [1.82, 2.24) is 0 Å². The highest BCUT2D eigenvalue weighted by Crippen LogP contribution is 2.00. The van der Waals surface area contributed by atoms with E-state index in [-0.39, 0.29) is 0 Å². The molecule has 0 radical (unpaired) electrons. The van der Waals surface area contributed by atoms with Crippen LogP contribution in [-0.4, -0.2) is 79.3 Å². The maximum atomic E-state index is 5.37. The molecule has 0 unspecified atom stereocenters. The molecule has 0 rings (SSSR count). The fourth-order valence-electron chi connectivity index (χ4n) is 2.50. The molecule has 0 amide bonds. The molecule has 0 atom stereocenters. The third-order valence-electron chi connectivity index (χ3n) is 5.21. The summed E-state index contributed by atoms with van der Waals surface area (Å²) in [4.78, 5) is 0. The first-order valence-corrected chi connectivity index (χ1v) is 16.5. The Morgan fingerprint density at radius 2 is 0.525 bits per heavy atom. The monoisotopic (exact) mass is 581 g/mol. The van der Waals surface area contributed by atoms with E-state index in [0.717, 1.165) is 129 Å². The van der Waals surface area contributed by atoms with Gasteiger partial charge in [0, 0.05) is 52.9 Å². The zero-order valence-corrected chi connectivity index (χ0v) is 29.5. The van der Waals surface area contributed by atoms with Crippen molar-refractivity contribution in [1.29, 1.82) is 0 Å². The predicted octanol–water partition coefficient (Wildman–Crippen LogP) is 9.09. The van der Waals surface area contributed by atoms with Crippen molar-refractivity contribution in [3.63, 3.8) is 0 Å². The molecule has 0 aliphatic carbocycles. The second-order valence-electron chi connectivity index (χ2n) is 11.6. The summed E-state index contributed by atoms with van der Waals surface area (Å²) in [7, 11) is 0. The molecule has 0 fully saturated rings. The zero-order valence-electron chi connectivity index (χ0n) is 29.5. The van der Waals surface area contributed by atoms with Crippen LogP contribution in [0.2, 0.25) is 0 Å². The van der Waals surface area contributed by atoms with Crippen LogP contribution in [0.25, 0.3) is 0 Å². The van der Waals surface area contributed by atoms with E-state index in [1.807, 2.05) is 13.8 Å². The van der Waals surface area contributed by atoms with Gasteiger partial charge in [0.05, 0.1) is 26.4 Å². The van der Waals surface area contributed by atoms with E-state index in [2.05, 4.69) is 69.2 Å². The molecular weight excluding hydrogens is 504 g/mol. The minimum Gasteiger partial charge on any atom is -0.382 e. The van der Waals surface area contributed by atoms with Gasteiger partial charge in [-0.25, -0.2) is 0 Å². The molecule has 0 saturated carbocycles. The van der Waals surface area contributed by atoms with Crippen molar-refractivity contribution in [2.45, 2.75) is 122 Å². The van der Waals surface area contributed by atoms with Gasteiger partial charge in [-0.05, 0) is 76.0 Å². The van der Waals surface area contributed by atoms with Crippen LogP contribution in [0.5, 0.6) is 0 Å². The Balaban J connectivity index is -0.000000219. The first-order valence-electron chi connectivity index (χ1n) is 16.5. The van der Waals surface area contributed by atoms with Crippen LogP contribution in [0.1, 0.15) is 122 Å². The van der Waals surface area contributed by atoms with Crippen molar-refractivity contribution < 1.29 is 28.4 Å². The van der Waals surface area contributed by atoms with Crippen molar-refractivity contribution in [3.05, 3.63) is 0 Å². The van der Waals surface area contributed by atoms with Gasteiger partial charge in [-0.3, -0.25) is 0 Å². The van der Waals surface area contributed by atoms with Gasteiger partial charge in [0.1, 0.15) is 0 Å². The number of ether oxygens (including phenoxy) is 6. The second-order valence-corrected chi connectivity index (χ2v) is 11.6. The number of rotatable bonds is 24. The van der Waals surface area contributed by atoms with E-state index in [0.29, 0.717) is 0 Å². The Morgan fingerprint density at radius 1 is 0.300 bits per heavy atom. The summed E-state index contributed by atoms with van der Waals surface area (Å²) in [5.41, 5.74) is 0. The van der Waals surface area contributed by atoms with E-state index in [4.69, 9.17) is 28.4 Å². The van der Waals surface area contributed by atoms with Crippen LogP contribution in [0.15, 0.2) is 0 Å². The van der Waals surface area contributed by atoms with Gasteiger partial charge in [-0.15, -0.1) is 0 Å². The Bertz CT molecular complexity index is 389. The molecule has 0 spiro atoms. The van der Waals surface area contributed by atoms with E-state index < -0.39 is 0 Å². The van der Waals surface area contributed by atoms with E-state index in [1.54, 1.807) is 0 Å². The average molecular weight is 581 g/mol. The van der Waals surface area contributed by atoms with Crippen LogP contribution < -0.4 is 0 Å². The fraction of sp³-hybridized carbons (Fsp3) is 1.00. The highest BCUT2D eigenvalue weighted by molar-refractivity contribution is 4.44. The largest absolute Gasteiger partial charge is 0.382 e. The number of hydrogen-bond donors (Lipinski definition) is 0. The molecular formula is C34H76O6. The van der Waals surface area contributed by atoms with Crippen molar-refractivity contribution in [3.8, 4) is 0 Å². The normalized spacial score (nSPS) is 10.8. The summed E-state index contributed by atoms with van der Waals surface area (Å²) >= 11 is 0. The van der Waals surface area contributed by atoms with Crippen LogP contribution >= 0.6 is 0 Å². The van der Waals surface area contributed by atoms with Gasteiger partial charge in [0.25, 0.3) is 0 Å². The summed E-state index contributed by atoms with van der Waals surface area (Å²) < 4.78 is 31.5. The Kier molecular flexibility index (Phi) is 50.5. The lowest BCUT2D eigenvalue weighted by Gasteiger charge is -2.06. The summed E-state index contributed by atoms with van der Waals surface area (Å²) in [6.45, 7) is 35.9. The molecule has 0 saturated heterocycles. The van der Waals surface area contributed by atoms with Gasteiger partial charge in [-0.1, -0.05) is 69.2 Å². The molecule has 0 aromatic rings. The second kappa shape index (κ2) is 43.2. The van der Waals surface area contributed by atoms with Crippen molar-refractivity contribution in [2.75, 3.05) is 79.3 Å². The van der Waals surface area contributed by atoms with Crippen LogP contribution in [0.4, 0.5) is 0 Å². The van der Waals surface area contributed by atoms with Crippen LogP contribution in [0.3, 0.4) is 0 Å². The van der Waals surface area contributed by atoms with E-state index in [1.165, 1.54) is 12.8 Å². The highest BCUT2D eigenvalue weighted by atomic mass is 16.5. The molecule has 0 bridgehead atoms. The molecule has 0 aliphatic rings. The Hall–Kier alpha value is -0.240. The lowest BCUT2D eigenvalue weighted by Crippen LogP contribution is -2.06. The van der Waals surface area contributed by atoms with E-state index >= 15 is 0 Å². The van der Waals surface area contributed by atoms with Gasteiger partial charge >= 0.3 is 0 Å². The summed E-state index contributed by atoms with van der Waals surface area (Å²) in [6, 6.07) is 0. The molecule has 0 N–H and O–H groups in total. The molecule has 0 aromatic heterocycles. The summed E-state index contributed by atoms with van der Waals surface area (Å²) in [5, 5.41) is 0. The Morgan fingerprint density at radius 3 is 0.800 bits per heavy atom. The Labute approximate surface area is 252 Å². The van der Waals surface area contributed by atoms with Crippen molar-refractivity contribution in [2.24, 2.45) is 23.7 Å². The predicted molar refractivity (Wildman–Crippen MR) is 175 cm³/mol. The standard InChI is InChI=1S/C10H22O2.C9H20O2.C8H18O.C7H16O/c1-4-6-11-8-9-12-7-5-10(2)3;1-4-10-7-8-11-6-5-9(2)3;1-4-6-9-7-5-8(2)3;1-4-8-6-5-7(2)3/h10H,4-9H2,1-3H3;9H,4-8H2,1-3H3;8H,4-7H2,1-3H3;7H,4-6H2,1-3H3. The lowest BCUT2D eigenvalue weighted by molar-refractivity contribution is 0.0442. The first-order chi connectivity index (χ1) is 19.1. The summed E-state index contributed by atoms with van der Waals surface area (Å²) in [5.74, 6) is 3.03. The smallest absolute Gasteiger partial charge is 0.0700 e. The third kappa shape index (κ3) is 66.2. The van der Waals surface area contributed by atoms with Crippen molar-refractivity contribution >= 4 is 0 Å². The maximum Gasteiger partial charge on any atom is 0.0700 e. The molecule has 0 aromatic carbocycles. The minimum atomic E-state index is 0.731. The zero-order chi connectivity index (χ0) is 31.3. The minimum absolute atomic E-state index is 0.731. The maximum absolute atomic E-state index is 5.37. The topological polar surface area (TPSA) is 55.4 Å². The fourth-order valence-corrected chi connectivity index (χ4v) is 2.50. The highest BCUT2D eigenvalue weighted by Gasteiger charge is 1.95. The molecule has 6 heteroatoms. The third-order valence-corrected chi connectivity index (χ3v) is 5.21. The van der Waals surface area contributed by atoms with Crippen LogP contribution in [0, 0.1) is 23.7 Å². The van der Waals surface area contributed by atoms with Gasteiger partial charge in [0.2, 0.25) is 0 Å². The van der Waals surface area contributed by atoms with E-state index in [9.17, 15) is 0 Å². The van der Waals surface area contributed by atoms with Crippen LogP contribution in [-0.2, 0) is 28.4 Å². The molecule has 248 valence electrons. The average Bonchev–Trinajstić information content (AvgIpc) is 2.89. The molecule has 40 heavy (non-hydrogen) atoms. The first kappa shape index (κ1) is 46.7. The SMILES string of the molecule is CCCOCCC(C)C.CCCOCCOCCC(C)C.CCOCCC(C)C.CCOCCOCCC(C)C. The molecule has 6 nitrogen and oxygen atoms in total. The summed E-state index contributed by atoms with van der Waals surface area (Å²) in [6.07, 6.45) is 6.90. The number of hydrogen-bond acceptors (Lipinski definition) is 6. The lowest BCUT2D eigenvalue weighted by atomic mass is 10.1. The van der Waals surface area contributed by atoms with Gasteiger partial charge in [0.15, 0.2) is 0 Å². The quantitative estimate of drug-likeness (QED) is 0.106. The molecule has 0 heterocycles. The molecule has 0 aliphatic heterocycles. The van der Waals surface area contributed by atoms with Gasteiger partial charge in [-0.2, -0.15) is 0 Å².